The van der Waals surface area contributed by atoms with Crippen LogP contribution in [0.4, 0.5) is 0 Å². The van der Waals surface area contributed by atoms with Crippen LogP contribution < -0.4 is 5.73 Å². The molecular formula is C28H38ClN3O7. The monoisotopic (exact) mass is 563 g/mol. The van der Waals surface area contributed by atoms with Crippen molar-refractivity contribution in [3.05, 3.63) is 46.5 Å². The fourth-order valence-electron chi connectivity index (χ4n) is 4.36. The van der Waals surface area contributed by atoms with E-state index in [0.29, 0.717) is 44.8 Å². The summed E-state index contributed by atoms with van der Waals surface area (Å²) in [5.74, 6) is -1.81. The third-order valence-corrected chi connectivity index (χ3v) is 6.87. The van der Waals surface area contributed by atoms with E-state index < -0.39 is 23.6 Å². The molecule has 2 heterocycles. The van der Waals surface area contributed by atoms with Crippen LogP contribution in [0.5, 0.6) is 11.5 Å². The number of likely N-dealkylation sites (tertiary alicyclic amines) is 1. The lowest BCUT2D eigenvalue weighted by atomic mass is 9.99. The number of cyclic esters (lactones) is 1. The third-order valence-electron chi connectivity index (χ3n) is 6.45. The van der Waals surface area contributed by atoms with Crippen molar-refractivity contribution >= 4 is 29.2 Å². The third kappa shape index (κ3) is 9.26. The Balaban J connectivity index is 1.91. The second-order valence-corrected chi connectivity index (χ2v) is 10.0. The van der Waals surface area contributed by atoms with E-state index in [-0.39, 0.29) is 41.2 Å². The van der Waals surface area contributed by atoms with Crippen LogP contribution in [-0.4, -0.2) is 77.8 Å². The van der Waals surface area contributed by atoms with Crippen molar-refractivity contribution in [2.24, 2.45) is 10.9 Å². The molecule has 4 N–H and O–H groups in total. The van der Waals surface area contributed by atoms with Crippen LogP contribution in [-0.2, 0) is 25.5 Å². The van der Waals surface area contributed by atoms with Crippen LogP contribution in [0.2, 0.25) is 5.02 Å². The number of nitrogens with zero attached hydrogens (tertiary/aromatic N) is 2. The fraction of sp³-hybridized carbons (Fsp3) is 0.536. The van der Waals surface area contributed by atoms with E-state index in [1.807, 2.05) is 18.2 Å². The maximum Gasteiger partial charge on any atom is 0.342 e. The van der Waals surface area contributed by atoms with Gasteiger partial charge < -0.3 is 35.2 Å². The molecule has 1 unspecified atom stereocenters. The standard InChI is InChI=1S/C28H38ClN3O7/c1-19-8-5-10-21(37-15-7-12-30)11-6-9-20(31-38-18-25(35)32-13-3-2-4-14-32)16-22-26(28(36)39-19)23(33)17-24(34)27(22)29/h5-6,9-10,17,19,21,33-34H,2-4,7-8,11-16,18,30H2,1H3/b9-6+,10-5+,31-20+/t19-,21?/m1/s1. The number of fused-ring (bicyclic) bond motifs is 1. The van der Waals surface area contributed by atoms with Crippen LogP contribution in [0.15, 0.2) is 35.5 Å². The first-order chi connectivity index (χ1) is 18.8. The van der Waals surface area contributed by atoms with Crippen molar-refractivity contribution in [3.8, 4) is 11.5 Å². The van der Waals surface area contributed by atoms with Crippen molar-refractivity contribution in [2.75, 3.05) is 32.8 Å². The summed E-state index contributed by atoms with van der Waals surface area (Å²) in [6.07, 6.45) is 11.2. The Bertz CT molecular complexity index is 1080. The van der Waals surface area contributed by atoms with Gasteiger partial charge in [0.2, 0.25) is 0 Å². The Morgan fingerprint density at radius 1 is 1.21 bits per heavy atom. The number of ether oxygens (including phenoxy) is 2. The molecule has 1 amide bonds. The number of amides is 1. The Morgan fingerprint density at radius 2 is 1.97 bits per heavy atom. The summed E-state index contributed by atoms with van der Waals surface area (Å²) in [5.41, 5.74) is 5.87. The van der Waals surface area contributed by atoms with Gasteiger partial charge in [0.05, 0.1) is 16.8 Å². The quantitative estimate of drug-likeness (QED) is 0.196. The fourth-order valence-corrected chi connectivity index (χ4v) is 4.57. The van der Waals surface area contributed by atoms with Crippen LogP contribution in [0.3, 0.4) is 0 Å². The minimum Gasteiger partial charge on any atom is -0.507 e. The summed E-state index contributed by atoms with van der Waals surface area (Å²) in [6, 6.07) is 1.000. The van der Waals surface area contributed by atoms with Crippen molar-refractivity contribution in [2.45, 2.75) is 64.1 Å². The average molecular weight is 564 g/mol. The number of nitrogens with two attached hydrogens (primary N) is 1. The molecule has 2 atom stereocenters. The topological polar surface area (TPSA) is 144 Å². The molecule has 39 heavy (non-hydrogen) atoms. The Hall–Kier alpha value is -3.08. The molecule has 0 spiro atoms. The van der Waals surface area contributed by atoms with Crippen molar-refractivity contribution in [1.82, 2.24) is 4.90 Å². The SMILES string of the molecule is C[C@@H]1C/C=C/C(OCCCN)C/C=C/C(=N\OCC(=O)N2CCCCC2)Cc2c(Cl)c(O)cc(O)c2C(=O)O1. The van der Waals surface area contributed by atoms with Gasteiger partial charge in [0.1, 0.15) is 23.2 Å². The van der Waals surface area contributed by atoms with Gasteiger partial charge in [-0.25, -0.2) is 4.79 Å². The molecule has 214 valence electrons. The second-order valence-electron chi connectivity index (χ2n) is 9.63. The van der Waals surface area contributed by atoms with E-state index in [1.165, 1.54) is 0 Å². The van der Waals surface area contributed by atoms with Gasteiger partial charge >= 0.3 is 5.97 Å². The number of phenolic OH excluding ortho intramolecular Hbond substituents is 2. The van der Waals surface area contributed by atoms with Gasteiger partial charge in [0.25, 0.3) is 5.91 Å². The van der Waals surface area contributed by atoms with E-state index in [2.05, 4.69) is 5.16 Å². The highest BCUT2D eigenvalue weighted by atomic mass is 35.5. The lowest BCUT2D eigenvalue weighted by Crippen LogP contribution is -2.37. The van der Waals surface area contributed by atoms with E-state index >= 15 is 0 Å². The summed E-state index contributed by atoms with van der Waals surface area (Å²) < 4.78 is 11.5. The molecule has 2 aliphatic heterocycles. The lowest BCUT2D eigenvalue weighted by molar-refractivity contribution is -0.137. The summed E-state index contributed by atoms with van der Waals surface area (Å²) in [4.78, 5) is 32.8. The molecule has 11 heteroatoms. The Labute approximate surface area is 234 Å². The maximum atomic E-state index is 13.1. The number of halogens is 1. The number of benzene rings is 1. The van der Waals surface area contributed by atoms with Gasteiger partial charge in [-0.3, -0.25) is 4.79 Å². The van der Waals surface area contributed by atoms with Gasteiger partial charge in [0, 0.05) is 38.6 Å². The van der Waals surface area contributed by atoms with Gasteiger partial charge in [-0.2, -0.15) is 0 Å². The minimum atomic E-state index is -0.789. The molecule has 0 bridgehead atoms. The first-order valence-corrected chi connectivity index (χ1v) is 13.7. The molecule has 10 nitrogen and oxygen atoms in total. The number of oxime groups is 1. The molecule has 1 saturated heterocycles. The summed E-state index contributed by atoms with van der Waals surface area (Å²) in [5, 5.41) is 24.8. The number of esters is 1. The normalized spacial score (nSPS) is 23.4. The molecule has 3 rings (SSSR count). The zero-order valence-corrected chi connectivity index (χ0v) is 23.1. The number of rotatable bonds is 7. The van der Waals surface area contributed by atoms with E-state index in [4.69, 9.17) is 31.6 Å². The number of carbonyl (C=O) groups excluding carboxylic acids is 2. The zero-order valence-electron chi connectivity index (χ0n) is 22.3. The highest BCUT2D eigenvalue weighted by molar-refractivity contribution is 6.33. The predicted octanol–water partition coefficient (Wildman–Crippen LogP) is 3.86. The van der Waals surface area contributed by atoms with Crippen LogP contribution in [0.25, 0.3) is 0 Å². The summed E-state index contributed by atoms with van der Waals surface area (Å²) in [6.45, 7) is 3.89. The van der Waals surface area contributed by atoms with Crippen molar-refractivity contribution < 1.29 is 34.1 Å². The molecule has 0 saturated carbocycles. The Kier molecular flexibility index (Phi) is 12.1. The second kappa shape index (κ2) is 15.5. The van der Waals surface area contributed by atoms with E-state index in [9.17, 15) is 19.8 Å². The minimum absolute atomic E-state index is 0.0808. The number of phenols is 2. The van der Waals surface area contributed by atoms with Gasteiger partial charge in [0.15, 0.2) is 6.61 Å². The number of aromatic hydroxyl groups is 2. The molecule has 1 fully saturated rings. The molecular weight excluding hydrogens is 526 g/mol. The number of hydrogen-bond donors (Lipinski definition) is 3. The number of piperidine rings is 1. The van der Waals surface area contributed by atoms with Crippen LogP contribution in [0, 0.1) is 0 Å². The number of carbonyl (C=O) groups is 2. The highest BCUT2D eigenvalue weighted by Gasteiger charge is 2.26. The smallest absolute Gasteiger partial charge is 0.342 e. The largest absolute Gasteiger partial charge is 0.507 e. The summed E-state index contributed by atoms with van der Waals surface area (Å²) in [7, 11) is 0. The molecule has 0 aliphatic carbocycles. The number of allylic oxidation sites excluding steroid dienone is 1. The van der Waals surface area contributed by atoms with Crippen LogP contribution in [0.1, 0.15) is 61.4 Å². The van der Waals surface area contributed by atoms with Crippen molar-refractivity contribution in [1.29, 1.82) is 0 Å². The summed E-state index contributed by atoms with van der Waals surface area (Å²) >= 11 is 6.39. The predicted molar refractivity (Wildman–Crippen MR) is 148 cm³/mol. The van der Waals surface area contributed by atoms with Gasteiger partial charge in [-0.1, -0.05) is 35.0 Å². The van der Waals surface area contributed by atoms with Gasteiger partial charge in [-0.15, -0.1) is 0 Å². The molecule has 0 radical (unpaired) electrons. The molecule has 0 aromatic heterocycles. The molecule has 1 aromatic rings. The molecule has 2 aliphatic rings. The maximum absolute atomic E-state index is 13.1. The average Bonchev–Trinajstić information content (AvgIpc) is 2.91. The molecule has 1 aromatic carbocycles. The van der Waals surface area contributed by atoms with E-state index in [0.717, 1.165) is 31.7 Å². The lowest BCUT2D eigenvalue weighted by Gasteiger charge is -2.26. The van der Waals surface area contributed by atoms with E-state index in [1.54, 1.807) is 17.9 Å². The van der Waals surface area contributed by atoms with Gasteiger partial charge in [-0.05, 0) is 57.2 Å². The first kappa shape index (κ1) is 30.5. The van der Waals surface area contributed by atoms with Crippen LogP contribution >= 0.6 is 11.6 Å². The zero-order chi connectivity index (χ0) is 28.2. The van der Waals surface area contributed by atoms with Crippen molar-refractivity contribution in [3.63, 3.8) is 0 Å². The Morgan fingerprint density at radius 3 is 2.72 bits per heavy atom. The first-order valence-electron chi connectivity index (χ1n) is 13.4. The number of hydrogen-bond acceptors (Lipinski definition) is 9. The highest BCUT2D eigenvalue weighted by Crippen LogP contribution is 2.37.